The van der Waals surface area contributed by atoms with Crippen molar-refractivity contribution in [3.05, 3.63) is 65.7 Å². The molecule has 2 nitrogen and oxygen atoms in total. The summed E-state index contributed by atoms with van der Waals surface area (Å²) in [5, 5.41) is 3.73. The number of hydrogen-bond donors (Lipinski definition) is 1. The van der Waals surface area contributed by atoms with Crippen LogP contribution in [0.25, 0.3) is 0 Å². The molecule has 0 saturated carbocycles. The molecule has 1 fully saturated rings. The number of fused-ring (bicyclic) bond motifs is 3. The van der Waals surface area contributed by atoms with Gasteiger partial charge >= 0.3 is 0 Å². The molecule has 0 spiro atoms. The van der Waals surface area contributed by atoms with E-state index in [2.05, 4.69) is 59.9 Å². The first-order valence-electron chi connectivity index (χ1n) is 7.45. The average Bonchev–Trinajstić information content (AvgIpc) is 2.55. The minimum atomic E-state index is 0.242. The Kier molecular flexibility index (Phi) is 2.96. The molecule has 2 aliphatic heterocycles. The lowest BCUT2D eigenvalue weighted by molar-refractivity contribution is -0.0381. The van der Waals surface area contributed by atoms with E-state index in [1.807, 2.05) is 0 Å². The molecule has 2 aliphatic rings. The topological polar surface area (TPSA) is 21.3 Å². The van der Waals surface area contributed by atoms with Crippen LogP contribution in [0.4, 0.5) is 5.69 Å². The normalized spacial score (nSPS) is 28.1. The fraction of sp³-hybridized carbons (Fsp3) is 0.333. The van der Waals surface area contributed by atoms with Crippen molar-refractivity contribution in [2.24, 2.45) is 5.92 Å². The first kappa shape index (κ1) is 12.0. The van der Waals surface area contributed by atoms with E-state index in [0.717, 1.165) is 13.0 Å². The number of nitrogens with one attached hydrogen (secondary N) is 1. The monoisotopic (exact) mass is 265 g/mol. The number of rotatable bonds is 1. The molecule has 0 radical (unpaired) electrons. The van der Waals surface area contributed by atoms with E-state index in [0.29, 0.717) is 12.0 Å². The van der Waals surface area contributed by atoms with Crippen molar-refractivity contribution in [2.75, 3.05) is 11.9 Å². The van der Waals surface area contributed by atoms with Gasteiger partial charge in [0, 0.05) is 23.8 Å². The quantitative estimate of drug-likeness (QED) is 0.829. The molecule has 1 saturated heterocycles. The third-order valence-corrected chi connectivity index (χ3v) is 4.53. The molecule has 20 heavy (non-hydrogen) atoms. The zero-order valence-corrected chi connectivity index (χ0v) is 11.5. The predicted octanol–water partition coefficient (Wildman–Crippen LogP) is 4.32. The van der Waals surface area contributed by atoms with E-state index >= 15 is 0 Å². The summed E-state index contributed by atoms with van der Waals surface area (Å²) in [6.07, 6.45) is 2.63. The van der Waals surface area contributed by atoms with Crippen molar-refractivity contribution < 1.29 is 4.74 Å². The highest BCUT2D eigenvalue weighted by atomic mass is 16.5. The minimum Gasteiger partial charge on any atom is -0.378 e. The molecule has 2 aromatic carbocycles. The molecule has 0 bridgehead atoms. The van der Waals surface area contributed by atoms with Gasteiger partial charge in [-0.25, -0.2) is 0 Å². The van der Waals surface area contributed by atoms with E-state index < -0.39 is 0 Å². The fourth-order valence-electron chi connectivity index (χ4n) is 3.61. The van der Waals surface area contributed by atoms with Crippen LogP contribution in [-0.2, 0) is 4.74 Å². The first-order valence-corrected chi connectivity index (χ1v) is 7.45. The van der Waals surface area contributed by atoms with Crippen LogP contribution in [0.2, 0.25) is 0 Å². The zero-order chi connectivity index (χ0) is 13.4. The second-order valence-electron chi connectivity index (χ2n) is 5.72. The molecular formula is C18H19NO. The summed E-state index contributed by atoms with van der Waals surface area (Å²) in [5.41, 5.74) is 3.91. The van der Waals surface area contributed by atoms with Crippen LogP contribution < -0.4 is 5.32 Å². The van der Waals surface area contributed by atoms with E-state index in [4.69, 9.17) is 4.74 Å². The van der Waals surface area contributed by atoms with Crippen LogP contribution in [0.15, 0.2) is 54.6 Å². The van der Waals surface area contributed by atoms with Gasteiger partial charge in [0.1, 0.15) is 0 Å². The number of anilines is 1. The van der Waals surface area contributed by atoms with E-state index in [1.54, 1.807) is 0 Å². The molecule has 1 N–H and O–H groups in total. The molecule has 0 aromatic heterocycles. The Morgan fingerprint density at radius 3 is 2.65 bits per heavy atom. The molecular weight excluding hydrogens is 246 g/mol. The van der Waals surface area contributed by atoms with Gasteiger partial charge in [0.25, 0.3) is 0 Å². The van der Waals surface area contributed by atoms with Gasteiger partial charge in [-0.15, -0.1) is 0 Å². The van der Waals surface area contributed by atoms with Gasteiger partial charge in [0.2, 0.25) is 0 Å². The highest BCUT2D eigenvalue weighted by Gasteiger charge is 2.39. The highest BCUT2D eigenvalue weighted by Crippen LogP contribution is 2.48. The van der Waals surface area contributed by atoms with Crippen LogP contribution in [0.5, 0.6) is 0 Å². The van der Waals surface area contributed by atoms with Crippen molar-refractivity contribution in [1.29, 1.82) is 0 Å². The summed E-state index contributed by atoms with van der Waals surface area (Å²) < 4.78 is 6.12. The Balaban J connectivity index is 1.78. The summed E-state index contributed by atoms with van der Waals surface area (Å²) in [7, 11) is 0. The van der Waals surface area contributed by atoms with Gasteiger partial charge in [-0.1, -0.05) is 48.5 Å². The van der Waals surface area contributed by atoms with Gasteiger partial charge in [0.15, 0.2) is 0 Å². The van der Waals surface area contributed by atoms with Gasteiger partial charge in [-0.05, 0) is 24.5 Å². The molecule has 0 aliphatic carbocycles. The molecule has 4 rings (SSSR count). The third-order valence-electron chi connectivity index (χ3n) is 4.53. The average molecular weight is 265 g/mol. The summed E-state index contributed by atoms with van der Waals surface area (Å²) in [5.74, 6) is 0.529. The van der Waals surface area contributed by atoms with Crippen LogP contribution in [0, 0.1) is 5.92 Å². The smallest absolute Gasteiger partial charge is 0.0895 e. The second kappa shape index (κ2) is 4.95. The lowest BCUT2D eigenvalue weighted by Gasteiger charge is -2.43. The summed E-state index contributed by atoms with van der Waals surface area (Å²) >= 11 is 0. The Labute approximate surface area is 119 Å². The van der Waals surface area contributed by atoms with Gasteiger partial charge in [-0.2, -0.15) is 0 Å². The van der Waals surface area contributed by atoms with Crippen LogP contribution in [0.1, 0.15) is 36.1 Å². The maximum Gasteiger partial charge on any atom is 0.0895 e. The van der Waals surface area contributed by atoms with Crippen molar-refractivity contribution in [3.8, 4) is 0 Å². The maximum atomic E-state index is 6.12. The largest absolute Gasteiger partial charge is 0.378 e. The number of ether oxygens (including phenoxy) is 1. The van der Waals surface area contributed by atoms with Crippen molar-refractivity contribution in [2.45, 2.75) is 25.0 Å². The van der Waals surface area contributed by atoms with E-state index in [9.17, 15) is 0 Å². The molecule has 102 valence electrons. The molecule has 0 amide bonds. The number of para-hydroxylation sites is 1. The van der Waals surface area contributed by atoms with Crippen molar-refractivity contribution in [1.82, 2.24) is 0 Å². The Bertz CT molecular complexity index is 595. The lowest BCUT2D eigenvalue weighted by Crippen LogP contribution is -2.35. The summed E-state index contributed by atoms with van der Waals surface area (Å²) in [4.78, 5) is 0. The SMILES string of the molecule is c1ccc([C@@H]2Nc3ccccc3[C@H]3OCCC[C@@H]32)cc1. The standard InChI is InChI=1S/C18H19NO/c1-2-7-13(8-3-1)17-15-10-6-12-20-18(15)14-9-4-5-11-16(14)19-17/h1-5,7-9,11,15,17-19H,6,10,12H2/t15-,17+,18-/m1/s1. The summed E-state index contributed by atoms with van der Waals surface area (Å²) in [6.45, 7) is 0.886. The molecule has 0 unspecified atom stereocenters. The summed E-state index contributed by atoms with van der Waals surface area (Å²) in [6, 6.07) is 19.7. The zero-order valence-electron chi connectivity index (χ0n) is 11.5. The Morgan fingerprint density at radius 1 is 0.950 bits per heavy atom. The highest BCUT2D eigenvalue weighted by molar-refractivity contribution is 5.57. The third kappa shape index (κ3) is 1.92. The number of hydrogen-bond acceptors (Lipinski definition) is 2. The molecule has 2 aromatic rings. The number of benzene rings is 2. The van der Waals surface area contributed by atoms with E-state index in [1.165, 1.54) is 23.2 Å². The molecule has 2 heteroatoms. The van der Waals surface area contributed by atoms with Gasteiger partial charge in [-0.3, -0.25) is 0 Å². The Hall–Kier alpha value is -1.80. The molecule has 2 heterocycles. The van der Waals surface area contributed by atoms with Crippen LogP contribution >= 0.6 is 0 Å². The minimum absolute atomic E-state index is 0.242. The Morgan fingerprint density at radius 2 is 1.75 bits per heavy atom. The second-order valence-corrected chi connectivity index (χ2v) is 5.72. The predicted molar refractivity (Wildman–Crippen MR) is 80.7 cm³/mol. The lowest BCUT2D eigenvalue weighted by atomic mass is 9.77. The molecule has 3 atom stereocenters. The maximum absolute atomic E-state index is 6.12. The fourth-order valence-corrected chi connectivity index (χ4v) is 3.61. The van der Waals surface area contributed by atoms with Crippen LogP contribution in [-0.4, -0.2) is 6.61 Å². The van der Waals surface area contributed by atoms with E-state index in [-0.39, 0.29) is 6.10 Å². The van der Waals surface area contributed by atoms with Crippen molar-refractivity contribution >= 4 is 5.69 Å². The van der Waals surface area contributed by atoms with Crippen molar-refractivity contribution in [3.63, 3.8) is 0 Å². The first-order chi connectivity index (χ1) is 9.93. The van der Waals surface area contributed by atoms with Gasteiger partial charge < -0.3 is 10.1 Å². The van der Waals surface area contributed by atoms with Crippen LogP contribution in [0.3, 0.4) is 0 Å². The van der Waals surface area contributed by atoms with Gasteiger partial charge in [0.05, 0.1) is 12.1 Å².